The average molecular weight is 494 g/mol. The summed E-state index contributed by atoms with van der Waals surface area (Å²) in [5.74, 6) is 2.64. The summed E-state index contributed by atoms with van der Waals surface area (Å²) in [6.07, 6.45) is 1.63. The molecule has 0 aliphatic rings. The van der Waals surface area contributed by atoms with E-state index >= 15 is 0 Å². The van der Waals surface area contributed by atoms with Gasteiger partial charge in [-0.15, -0.1) is 10.2 Å². The van der Waals surface area contributed by atoms with E-state index in [4.69, 9.17) is 25.2 Å². The van der Waals surface area contributed by atoms with Crippen LogP contribution in [0.2, 0.25) is 5.02 Å². The molecule has 7 nitrogen and oxygen atoms in total. The van der Waals surface area contributed by atoms with Crippen molar-refractivity contribution >= 4 is 34.3 Å². The van der Waals surface area contributed by atoms with Crippen LogP contribution < -0.4 is 10.4 Å². The van der Waals surface area contributed by atoms with Gasteiger partial charge in [0.2, 0.25) is 0 Å². The lowest BCUT2D eigenvalue weighted by Gasteiger charge is -2.10. The fourth-order valence-electron chi connectivity index (χ4n) is 3.53. The van der Waals surface area contributed by atoms with Crippen molar-refractivity contribution in [2.45, 2.75) is 31.0 Å². The van der Waals surface area contributed by atoms with Crippen molar-refractivity contribution in [2.75, 3.05) is 0 Å². The quantitative estimate of drug-likeness (QED) is 0.198. The van der Waals surface area contributed by atoms with E-state index in [1.54, 1.807) is 30.5 Å². The number of thioether (sulfide) groups is 1. The number of benzene rings is 2. The SMILES string of the molecule is Cc1ccc2c(CSc3nnc(COc4ccc(Cl)cc4)n3Cc3ccco3)cc(=O)oc2c1. The molecule has 0 spiro atoms. The van der Waals surface area contributed by atoms with E-state index in [0.29, 0.717) is 39.6 Å². The Balaban J connectivity index is 1.40. The molecule has 0 amide bonds. The molecule has 0 saturated heterocycles. The van der Waals surface area contributed by atoms with Crippen LogP contribution in [0.4, 0.5) is 0 Å². The van der Waals surface area contributed by atoms with Crippen LogP contribution in [0.5, 0.6) is 5.75 Å². The van der Waals surface area contributed by atoms with Crippen LogP contribution in [0, 0.1) is 6.92 Å². The Hall–Kier alpha value is -3.49. The van der Waals surface area contributed by atoms with E-state index in [-0.39, 0.29) is 12.2 Å². The molecule has 3 heterocycles. The van der Waals surface area contributed by atoms with E-state index in [0.717, 1.165) is 22.3 Å². The van der Waals surface area contributed by atoms with Crippen molar-refractivity contribution in [2.24, 2.45) is 0 Å². The number of nitrogens with zero attached hydrogens (tertiary/aromatic N) is 3. The number of rotatable bonds is 8. The number of fused-ring (bicyclic) bond motifs is 1. The molecule has 2 aromatic carbocycles. The second-order valence-corrected chi connectivity index (χ2v) is 9.06. The molecule has 0 atom stereocenters. The molecular weight excluding hydrogens is 474 g/mol. The maximum Gasteiger partial charge on any atom is 0.336 e. The van der Waals surface area contributed by atoms with Gasteiger partial charge in [0.25, 0.3) is 0 Å². The zero-order chi connectivity index (χ0) is 23.5. The molecule has 0 N–H and O–H groups in total. The van der Waals surface area contributed by atoms with Gasteiger partial charge in [-0.3, -0.25) is 4.57 Å². The van der Waals surface area contributed by atoms with Gasteiger partial charge < -0.3 is 13.6 Å². The second kappa shape index (κ2) is 9.79. The van der Waals surface area contributed by atoms with Crippen molar-refractivity contribution in [3.63, 3.8) is 0 Å². The standard InChI is InChI=1S/C25H20ClN3O4S/c1-16-4-9-21-17(12-24(30)33-22(21)11-16)15-34-25-28-27-23(29(25)13-20-3-2-10-31-20)14-32-19-7-5-18(26)6-8-19/h2-12H,13-15H2,1H3. The Labute approximate surface area is 204 Å². The second-order valence-electron chi connectivity index (χ2n) is 7.69. The van der Waals surface area contributed by atoms with Crippen LogP contribution in [0.1, 0.15) is 22.7 Å². The molecule has 5 aromatic rings. The van der Waals surface area contributed by atoms with Gasteiger partial charge in [0.15, 0.2) is 11.0 Å². The van der Waals surface area contributed by atoms with E-state index in [2.05, 4.69) is 10.2 Å². The highest BCUT2D eigenvalue weighted by atomic mass is 35.5. The van der Waals surface area contributed by atoms with Crippen molar-refractivity contribution < 1.29 is 13.6 Å². The number of furan rings is 1. The molecule has 0 saturated carbocycles. The summed E-state index contributed by atoms with van der Waals surface area (Å²) < 4.78 is 18.8. The molecule has 0 aliphatic carbocycles. The number of aromatic nitrogens is 3. The molecule has 0 bridgehead atoms. The average Bonchev–Trinajstić information content (AvgIpc) is 3.47. The summed E-state index contributed by atoms with van der Waals surface area (Å²) in [5, 5.41) is 11.0. The van der Waals surface area contributed by atoms with Crippen molar-refractivity contribution in [3.05, 3.63) is 105 Å². The summed E-state index contributed by atoms with van der Waals surface area (Å²) in [6.45, 7) is 2.65. The Bertz CT molecular complexity index is 1480. The van der Waals surface area contributed by atoms with Gasteiger partial charge in [-0.25, -0.2) is 4.79 Å². The van der Waals surface area contributed by atoms with E-state index < -0.39 is 0 Å². The third kappa shape index (κ3) is 5.03. The third-order valence-electron chi connectivity index (χ3n) is 5.21. The first-order chi connectivity index (χ1) is 16.5. The molecule has 0 radical (unpaired) electrons. The van der Waals surface area contributed by atoms with Crippen LogP contribution in [0.25, 0.3) is 11.0 Å². The number of hydrogen-bond donors (Lipinski definition) is 0. The third-order valence-corrected chi connectivity index (χ3v) is 6.48. The minimum absolute atomic E-state index is 0.229. The number of aryl methyl sites for hydroxylation is 1. The largest absolute Gasteiger partial charge is 0.486 e. The highest BCUT2D eigenvalue weighted by Crippen LogP contribution is 2.27. The Morgan fingerprint density at radius 1 is 1.09 bits per heavy atom. The molecule has 0 unspecified atom stereocenters. The molecule has 3 aromatic heterocycles. The van der Waals surface area contributed by atoms with Gasteiger partial charge in [0.1, 0.15) is 23.7 Å². The molecule has 5 rings (SSSR count). The smallest absolute Gasteiger partial charge is 0.336 e. The summed E-state index contributed by atoms with van der Waals surface area (Å²) >= 11 is 7.44. The van der Waals surface area contributed by atoms with Gasteiger partial charge in [-0.1, -0.05) is 35.5 Å². The first-order valence-electron chi connectivity index (χ1n) is 10.5. The first kappa shape index (κ1) is 22.3. The highest BCUT2D eigenvalue weighted by Gasteiger charge is 2.16. The van der Waals surface area contributed by atoms with E-state index in [9.17, 15) is 4.79 Å². The summed E-state index contributed by atoms with van der Waals surface area (Å²) in [6, 6.07) is 18.3. The predicted octanol–water partition coefficient (Wildman–Crippen LogP) is 5.86. The van der Waals surface area contributed by atoms with Gasteiger partial charge in [-0.2, -0.15) is 0 Å². The minimum atomic E-state index is -0.372. The van der Waals surface area contributed by atoms with Crippen LogP contribution in [0.15, 0.2) is 85.7 Å². The fourth-order valence-corrected chi connectivity index (χ4v) is 4.60. The van der Waals surface area contributed by atoms with Gasteiger partial charge in [-0.05, 0) is 60.5 Å². The van der Waals surface area contributed by atoms with Crippen LogP contribution >= 0.6 is 23.4 Å². The van der Waals surface area contributed by atoms with Crippen molar-refractivity contribution in [1.82, 2.24) is 14.8 Å². The number of halogens is 1. The predicted molar refractivity (Wildman–Crippen MR) is 130 cm³/mol. The Morgan fingerprint density at radius 2 is 1.94 bits per heavy atom. The number of ether oxygens (including phenoxy) is 1. The molecule has 9 heteroatoms. The van der Waals surface area contributed by atoms with Gasteiger partial charge in [0, 0.05) is 22.2 Å². The molecule has 172 valence electrons. The van der Waals surface area contributed by atoms with E-state index in [1.165, 1.54) is 17.8 Å². The van der Waals surface area contributed by atoms with Crippen LogP contribution in [-0.2, 0) is 18.9 Å². The highest BCUT2D eigenvalue weighted by molar-refractivity contribution is 7.98. The summed E-state index contributed by atoms with van der Waals surface area (Å²) in [4.78, 5) is 12.1. The van der Waals surface area contributed by atoms with E-state index in [1.807, 2.05) is 41.8 Å². The van der Waals surface area contributed by atoms with Gasteiger partial charge in [0.05, 0.1) is 12.8 Å². The monoisotopic (exact) mass is 493 g/mol. The zero-order valence-electron chi connectivity index (χ0n) is 18.2. The normalized spacial score (nSPS) is 11.2. The van der Waals surface area contributed by atoms with Crippen LogP contribution in [-0.4, -0.2) is 14.8 Å². The number of hydrogen-bond acceptors (Lipinski definition) is 7. The Kier molecular flexibility index (Phi) is 6.42. The first-order valence-corrected chi connectivity index (χ1v) is 11.9. The fraction of sp³-hybridized carbons (Fsp3) is 0.160. The lowest BCUT2D eigenvalue weighted by Crippen LogP contribution is -2.09. The molecule has 34 heavy (non-hydrogen) atoms. The zero-order valence-corrected chi connectivity index (χ0v) is 19.8. The van der Waals surface area contributed by atoms with Crippen molar-refractivity contribution in [1.29, 1.82) is 0 Å². The van der Waals surface area contributed by atoms with Crippen molar-refractivity contribution in [3.8, 4) is 5.75 Å². The summed E-state index contributed by atoms with van der Waals surface area (Å²) in [7, 11) is 0. The lowest BCUT2D eigenvalue weighted by molar-refractivity contribution is 0.287. The maximum atomic E-state index is 12.1. The summed E-state index contributed by atoms with van der Waals surface area (Å²) in [5.41, 5.74) is 2.12. The minimum Gasteiger partial charge on any atom is -0.486 e. The lowest BCUT2D eigenvalue weighted by atomic mass is 10.1. The molecular formula is C25H20ClN3O4S. The van der Waals surface area contributed by atoms with Crippen LogP contribution in [0.3, 0.4) is 0 Å². The molecule has 0 fully saturated rings. The Morgan fingerprint density at radius 3 is 2.74 bits per heavy atom. The van der Waals surface area contributed by atoms with Gasteiger partial charge >= 0.3 is 5.63 Å². The maximum absolute atomic E-state index is 12.1. The molecule has 0 aliphatic heterocycles. The topological polar surface area (TPSA) is 83.3 Å².